The van der Waals surface area contributed by atoms with Gasteiger partial charge in [0.25, 0.3) is 0 Å². The van der Waals surface area contributed by atoms with Crippen LogP contribution in [0, 0.1) is 0 Å². The van der Waals surface area contributed by atoms with Gasteiger partial charge in [0.1, 0.15) is 33.5 Å². The Bertz CT molecular complexity index is 8190. The van der Waals surface area contributed by atoms with Crippen LogP contribution < -0.4 is 0 Å². The van der Waals surface area contributed by atoms with E-state index >= 15 is 0 Å². The molecule has 0 spiro atoms. The normalized spacial score (nSPS) is 12.0. The second kappa shape index (κ2) is 25.9. The minimum absolute atomic E-state index is 0.617. The Hall–Kier alpha value is -15.8. The third kappa shape index (κ3) is 10.6. The first-order valence-electron chi connectivity index (χ1n) is 39.1. The molecule has 116 heavy (non-hydrogen) atoms. The molecule has 0 saturated heterocycles. The average molecular weight is 1480 g/mol. The smallest absolute Gasteiger partial charge is 0.160 e. The summed E-state index contributed by atoms with van der Waals surface area (Å²) in [6.07, 6.45) is 0. The molecule has 0 N–H and O–H groups in total. The third-order valence-corrected chi connectivity index (χ3v) is 23.3. The van der Waals surface area contributed by atoms with E-state index in [4.69, 9.17) is 38.7 Å². The number of benzene rings is 16. The lowest BCUT2D eigenvalue weighted by Gasteiger charge is -2.13. The molecule has 0 radical (unpaired) electrons. The van der Waals surface area contributed by atoms with Crippen LogP contribution in [0.15, 0.2) is 385 Å². The molecule has 8 heterocycles. The van der Waals surface area contributed by atoms with Crippen LogP contribution in [-0.2, 0) is 0 Å². The molecule has 0 amide bonds. The van der Waals surface area contributed by atoms with Gasteiger partial charge in [-0.15, -0.1) is 0 Å². The Labute approximate surface area is 663 Å². The van der Waals surface area contributed by atoms with E-state index in [0.29, 0.717) is 11.6 Å². The summed E-state index contributed by atoms with van der Waals surface area (Å²) in [4.78, 5) is 32.0. The molecule has 0 atom stereocenters. The van der Waals surface area contributed by atoms with Crippen molar-refractivity contribution in [3.63, 3.8) is 0 Å². The minimum Gasteiger partial charge on any atom is -0.454 e. The van der Waals surface area contributed by atoms with Crippen LogP contribution in [0.4, 0.5) is 0 Å². The lowest BCUT2D eigenvalue weighted by atomic mass is 9.92. The molecular weight excluding hydrogens is 1420 g/mol. The summed E-state index contributed by atoms with van der Waals surface area (Å²) >= 11 is 0. The molecule has 0 bridgehead atoms. The van der Waals surface area contributed by atoms with Gasteiger partial charge in [0.15, 0.2) is 22.8 Å². The molecule has 10 heteroatoms. The Kier molecular flexibility index (Phi) is 14.5. The number of hydrogen-bond acceptors (Lipinski definition) is 8. The highest BCUT2D eigenvalue weighted by Gasteiger charge is 2.25. The molecule has 0 unspecified atom stereocenters. The van der Waals surface area contributed by atoms with E-state index in [2.05, 4.69) is 355 Å². The molecule has 0 saturated carbocycles. The molecule has 0 aliphatic rings. The van der Waals surface area contributed by atoms with Crippen molar-refractivity contribution in [2.45, 2.75) is 0 Å². The molecule has 0 aliphatic heterocycles. The summed E-state index contributed by atoms with van der Waals surface area (Å²) in [5, 5.41) is 11.0. The molecule has 538 valence electrons. The van der Waals surface area contributed by atoms with Gasteiger partial charge >= 0.3 is 0 Å². The number of hydrogen-bond donors (Lipinski definition) is 0. The standard InChI is InChI=1S/C106H62N8O2/c1-3-19-63(20-4-1)64-37-43-67(44-38-64)91-61-94(78-27-18-25-72(56-78)74-50-53-97-87(58-74)99-101(115-97)82-31-11-12-32-84(82)105-111-89-33-13-15-35-95(89)113(99)105)110-104(108-91)70-47-39-65(40-48-70)73-49-52-83-86(57-73)106-112-90-34-14-16-36-96(90)114(106)100-88-59-75(51-54-98(88)116-102(83)100)71-24-17-26-77(55-71)93-62-92(107-103(109-93)69-21-5-2-6-22-69)68-45-41-66(42-46-68)85-60-76-23-7-8-28-79(76)80-29-9-10-30-81(80)85/h1-62H. The second-order valence-electron chi connectivity index (χ2n) is 30.0. The summed E-state index contributed by atoms with van der Waals surface area (Å²) in [5.74, 6) is 1.28. The summed E-state index contributed by atoms with van der Waals surface area (Å²) in [7, 11) is 0. The highest BCUT2D eigenvalue weighted by molar-refractivity contribution is 6.21. The van der Waals surface area contributed by atoms with Gasteiger partial charge in [-0.3, -0.25) is 8.80 Å². The molecule has 10 nitrogen and oxygen atoms in total. The van der Waals surface area contributed by atoms with Crippen LogP contribution in [0.2, 0.25) is 0 Å². The van der Waals surface area contributed by atoms with Crippen molar-refractivity contribution in [3.05, 3.63) is 376 Å². The fourth-order valence-electron chi connectivity index (χ4n) is 17.6. The van der Waals surface area contributed by atoms with E-state index in [1.54, 1.807) is 0 Å². The van der Waals surface area contributed by atoms with Crippen molar-refractivity contribution in [3.8, 4) is 123 Å². The third-order valence-electron chi connectivity index (χ3n) is 23.3. The maximum absolute atomic E-state index is 7.08. The van der Waals surface area contributed by atoms with Gasteiger partial charge in [-0.05, 0) is 168 Å². The van der Waals surface area contributed by atoms with E-state index in [-0.39, 0.29) is 0 Å². The molecule has 0 aliphatic carbocycles. The minimum atomic E-state index is 0.617. The van der Waals surface area contributed by atoms with Gasteiger partial charge < -0.3 is 8.83 Å². The van der Waals surface area contributed by atoms with Crippen LogP contribution in [0.25, 0.3) is 244 Å². The number of nitrogens with zero attached hydrogens (tertiary/aromatic N) is 8. The predicted molar refractivity (Wildman–Crippen MR) is 475 cm³/mol. The van der Waals surface area contributed by atoms with Crippen LogP contribution in [-0.4, -0.2) is 38.7 Å². The van der Waals surface area contributed by atoms with Crippen molar-refractivity contribution >= 4 is 121 Å². The first kappa shape index (κ1) is 65.0. The van der Waals surface area contributed by atoms with Crippen LogP contribution >= 0.6 is 0 Å². The fraction of sp³-hybridized carbons (Fsp3) is 0. The summed E-state index contributed by atoms with van der Waals surface area (Å²) < 4.78 is 18.4. The topological polar surface area (TPSA) is 112 Å². The van der Waals surface area contributed by atoms with Crippen molar-refractivity contribution in [2.24, 2.45) is 0 Å². The van der Waals surface area contributed by atoms with Gasteiger partial charge in [0.05, 0.1) is 44.8 Å². The maximum Gasteiger partial charge on any atom is 0.160 e. The fourth-order valence-corrected chi connectivity index (χ4v) is 17.6. The molecular formula is C106H62N8O2. The highest BCUT2D eigenvalue weighted by atomic mass is 16.3. The molecule has 8 aromatic heterocycles. The number of pyridine rings is 2. The summed E-state index contributed by atoms with van der Waals surface area (Å²) in [6, 6.07) is 133. The van der Waals surface area contributed by atoms with Gasteiger partial charge in [0.2, 0.25) is 0 Å². The molecule has 24 aromatic rings. The first-order valence-corrected chi connectivity index (χ1v) is 39.1. The lowest BCUT2D eigenvalue weighted by Crippen LogP contribution is -1.96. The zero-order chi connectivity index (χ0) is 76.1. The number of rotatable bonds is 11. The molecule has 0 fully saturated rings. The van der Waals surface area contributed by atoms with Gasteiger partial charge in [-0.25, -0.2) is 29.9 Å². The maximum atomic E-state index is 7.08. The zero-order valence-electron chi connectivity index (χ0n) is 62.2. The Morgan fingerprint density at radius 2 is 0.560 bits per heavy atom. The lowest BCUT2D eigenvalue weighted by molar-refractivity contribution is 0.671. The van der Waals surface area contributed by atoms with Gasteiger partial charge in [-0.1, -0.05) is 285 Å². The number of fused-ring (bicyclic) bond motifs is 23. The van der Waals surface area contributed by atoms with E-state index < -0.39 is 0 Å². The van der Waals surface area contributed by atoms with E-state index in [1.165, 1.54) is 27.1 Å². The highest BCUT2D eigenvalue weighted by Crippen LogP contribution is 2.45. The van der Waals surface area contributed by atoms with Crippen molar-refractivity contribution < 1.29 is 8.83 Å². The quantitative estimate of drug-likeness (QED) is 0.118. The monoisotopic (exact) mass is 1480 g/mol. The Morgan fingerprint density at radius 3 is 1.14 bits per heavy atom. The van der Waals surface area contributed by atoms with Crippen LogP contribution in [0.5, 0.6) is 0 Å². The largest absolute Gasteiger partial charge is 0.454 e. The van der Waals surface area contributed by atoms with Crippen LogP contribution in [0.3, 0.4) is 0 Å². The molecule has 16 aromatic carbocycles. The van der Waals surface area contributed by atoms with Crippen LogP contribution in [0.1, 0.15) is 0 Å². The number of furan rings is 2. The Morgan fingerprint density at radius 1 is 0.198 bits per heavy atom. The predicted octanol–water partition coefficient (Wildman–Crippen LogP) is 27.6. The number of aromatic nitrogens is 8. The average Bonchev–Trinajstić information content (AvgIpc) is 1.54. The Balaban J connectivity index is 0.578. The second-order valence-corrected chi connectivity index (χ2v) is 30.0. The van der Waals surface area contributed by atoms with E-state index in [9.17, 15) is 0 Å². The summed E-state index contributed by atoms with van der Waals surface area (Å²) in [5.41, 5.74) is 30.8. The number of imidazole rings is 2. The van der Waals surface area contributed by atoms with Crippen molar-refractivity contribution in [1.29, 1.82) is 0 Å². The van der Waals surface area contributed by atoms with Gasteiger partial charge in [0, 0.05) is 65.7 Å². The van der Waals surface area contributed by atoms with Gasteiger partial charge in [-0.2, -0.15) is 0 Å². The summed E-state index contributed by atoms with van der Waals surface area (Å²) in [6.45, 7) is 0. The van der Waals surface area contributed by atoms with E-state index in [1.807, 2.05) is 30.3 Å². The zero-order valence-corrected chi connectivity index (χ0v) is 62.2. The van der Waals surface area contributed by atoms with Crippen molar-refractivity contribution in [1.82, 2.24) is 38.7 Å². The molecule has 24 rings (SSSR count). The van der Waals surface area contributed by atoms with Crippen molar-refractivity contribution in [2.75, 3.05) is 0 Å². The first-order chi connectivity index (χ1) is 57.4. The number of para-hydroxylation sites is 4. The van der Waals surface area contributed by atoms with E-state index in [0.717, 1.165) is 205 Å². The SMILES string of the molecule is c1ccc(-c2ccc(-c3cc(-c4cccc(-c5ccc6oc7c8ccccc8c8nc9ccccc9n8c7c6c5)c4)nc(-c4ccc(-c5ccc6c(c5)c5nc7ccccc7n5c5c7cc(-c8cccc(-c9cc(-c%10ccc(-c%11cc%12ccccc%12c%12ccccc%11%12)cc%10)nc(-c%10ccccc%10)n9)c8)ccc7oc65)cc4)n3)cc2)cc1.